The van der Waals surface area contributed by atoms with Gasteiger partial charge in [0.15, 0.2) is 5.96 Å². The van der Waals surface area contributed by atoms with Gasteiger partial charge >= 0.3 is 0 Å². The summed E-state index contributed by atoms with van der Waals surface area (Å²) in [4.78, 5) is 7.00. The molecule has 0 radical (unpaired) electrons. The Balaban J connectivity index is 0.00000392. The molecule has 2 aromatic carbocycles. The zero-order valence-electron chi connectivity index (χ0n) is 16.8. The maximum atomic E-state index is 11.8. The van der Waals surface area contributed by atoms with E-state index < -0.39 is 10.0 Å². The van der Waals surface area contributed by atoms with E-state index in [9.17, 15) is 8.42 Å². The molecule has 0 heterocycles. The van der Waals surface area contributed by atoms with E-state index in [0.29, 0.717) is 6.54 Å². The van der Waals surface area contributed by atoms with Crippen molar-refractivity contribution < 1.29 is 8.42 Å². The largest absolute Gasteiger partial charge is 0.357 e. The second-order valence-corrected chi connectivity index (χ2v) is 8.25. The lowest BCUT2D eigenvalue weighted by molar-refractivity contribution is 0.477. The first kappa shape index (κ1) is 24.4. The van der Waals surface area contributed by atoms with Crippen molar-refractivity contribution in [1.82, 2.24) is 14.9 Å². The molecular weight excluding hydrogens is 487 g/mol. The summed E-state index contributed by atoms with van der Waals surface area (Å²) < 4.78 is 25.9. The number of sulfonamides is 1. The molecule has 2 aromatic rings. The minimum atomic E-state index is -3.41. The number of guanidine groups is 1. The molecule has 28 heavy (non-hydrogen) atoms. The Bertz CT molecular complexity index is 866. The quantitative estimate of drug-likeness (QED) is 0.337. The van der Waals surface area contributed by atoms with E-state index in [-0.39, 0.29) is 28.9 Å². The summed E-state index contributed by atoms with van der Waals surface area (Å²) in [5.74, 6) is 0.810. The summed E-state index contributed by atoms with van der Waals surface area (Å²) in [7, 11) is -0.00558. The highest BCUT2D eigenvalue weighted by Gasteiger charge is 2.11. The van der Waals surface area contributed by atoms with Gasteiger partial charge in [-0.15, -0.1) is 24.0 Å². The summed E-state index contributed by atoms with van der Waals surface area (Å²) in [5, 5.41) is 3.30. The van der Waals surface area contributed by atoms with E-state index in [1.54, 1.807) is 24.3 Å². The Morgan fingerprint density at radius 2 is 1.61 bits per heavy atom. The van der Waals surface area contributed by atoms with E-state index >= 15 is 0 Å². The maximum absolute atomic E-state index is 11.8. The van der Waals surface area contributed by atoms with Gasteiger partial charge in [0.1, 0.15) is 0 Å². The molecule has 0 aliphatic heterocycles. The smallest absolute Gasteiger partial charge is 0.240 e. The van der Waals surface area contributed by atoms with Crippen LogP contribution in [0.2, 0.25) is 0 Å². The molecule has 0 saturated heterocycles. The van der Waals surface area contributed by atoms with Crippen LogP contribution in [0, 0.1) is 6.92 Å². The molecule has 0 fully saturated rings. The van der Waals surface area contributed by atoms with Gasteiger partial charge in [-0.25, -0.2) is 18.1 Å². The zero-order chi connectivity index (χ0) is 19.9. The van der Waals surface area contributed by atoms with Crippen LogP contribution < -0.4 is 10.0 Å². The van der Waals surface area contributed by atoms with Gasteiger partial charge in [-0.05, 0) is 44.2 Å². The summed E-state index contributed by atoms with van der Waals surface area (Å²) in [6.45, 7) is 6.11. The van der Waals surface area contributed by atoms with E-state index in [1.165, 1.54) is 18.2 Å². The Labute approximate surface area is 185 Å². The fourth-order valence-corrected chi connectivity index (χ4v) is 3.30. The van der Waals surface area contributed by atoms with Gasteiger partial charge in [-0.3, -0.25) is 0 Å². The number of benzene rings is 2. The highest BCUT2D eigenvalue weighted by atomic mass is 127. The Kier molecular flexibility index (Phi) is 9.91. The molecule has 0 bridgehead atoms. The molecule has 0 aliphatic carbocycles. The lowest BCUT2D eigenvalue weighted by atomic mass is 10.1. The van der Waals surface area contributed by atoms with Crippen LogP contribution in [-0.2, 0) is 23.1 Å². The van der Waals surface area contributed by atoms with Crippen molar-refractivity contribution in [3.63, 3.8) is 0 Å². The molecule has 6 nitrogen and oxygen atoms in total. The van der Waals surface area contributed by atoms with Gasteiger partial charge in [-0.1, -0.05) is 42.0 Å². The second-order valence-electron chi connectivity index (χ2n) is 6.36. The Morgan fingerprint density at radius 3 is 2.14 bits per heavy atom. The van der Waals surface area contributed by atoms with Gasteiger partial charge in [0, 0.05) is 20.1 Å². The normalized spacial score (nSPS) is 11.6. The number of halogens is 1. The fraction of sp³-hybridized carbons (Fsp3) is 0.350. The van der Waals surface area contributed by atoms with Crippen LogP contribution in [-0.4, -0.2) is 39.9 Å². The molecule has 0 spiro atoms. The highest BCUT2D eigenvalue weighted by Crippen LogP contribution is 2.11. The summed E-state index contributed by atoms with van der Waals surface area (Å²) in [5.41, 5.74) is 3.41. The summed E-state index contributed by atoms with van der Waals surface area (Å²) >= 11 is 0. The molecule has 2 N–H and O–H groups in total. The third-order valence-corrected chi connectivity index (χ3v) is 5.58. The lowest BCUT2D eigenvalue weighted by Crippen LogP contribution is -2.38. The Hall–Kier alpha value is -1.65. The minimum absolute atomic E-state index is 0. The van der Waals surface area contributed by atoms with Crippen LogP contribution in [0.5, 0.6) is 0 Å². The van der Waals surface area contributed by atoms with Crippen molar-refractivity contribution in [2.24, 2.45) is 4.99 Å². The predicted octanol–water partition coefficient (Wildman–Crippen LogP) is 3.12. The average Bonchev–Trinajstić information content (AvgIpc) is 2.67. The number of aliphatic imine (C=N–C) groups is 1. The van der Waals surface area contributed by atoms with Gasteiger partial charge in [-0.2, -0.15) is 0 Å². The molecule has 8 heteroatoms. The van der Waals surface area contributed by atoms with Crippen LogP contribution >= 0.6 is 24.0 Å². The Morgan fingerprint density at radius 1 is 1.04 bits per heavy atom. The van der Waals surface area contributed by atoms with E-state index in [1.807, 2.05) is 14.0 Å². The number of rotatable bonds is 7. The summed E-state index contributed by atoms with van der Waals surface area (Å²) in [6, 6.07) is 15.2. The van der Waals surface area contributed by atoms with Crippen molar-refractivity contribution in [3.8, 4) is 0 Å². The highest BCUT2D eigenvalue weighted by molar-refractivity contribution is 14.0. The van der Waals surface area contributed by atoms with Crippen LogP contribution in [0.4, 0.5) is 0 Å². The molecule has 2 rings (SSSR count). The fourth-order valence-electron chi connectivity index (χ4n) is 2.57. The number of nitrogens with zero attached hydrogens (tertiary/aromatic N) is 2. The topological polar surface area (TPSA) is 73.8 Å². The molecule has 0 aliphatic rings. The first-order chi connectivity index (χ1) is 12.9. The predicted molar refractivity (Wildman–Crippen MR) is 126 cm³/mol. The average molecular weight is 516 g/mol. The lowest BCUT2D eigenvalue weighted by Gasteiger charge is -2.22. The molecule has 0 unspecified atom stereocenters. The molecule has 154 valence electrons. The SMILES string of the molecule is CCNC(=NCc1ccc(S(=O)(=O)NC)cc1)N(C)Cc1ccc(C)cc1.I. The van der Waals surface area contributed by atoms with Crippen molar-refractivity contribution in [1.29, 1.82) is 0 Å². The number of hydrogen-bond acceptors (Lipinski definition) is 3. The first-order valence-corrected chi connectivity index (χ1v) is 10.4. The van der Waals surface area contributed by atoms with E-state index in [2.05, 4.69) is 51.1 Å². The van der Waals surface area contributed by atoms with E-state index in [4.69, 9.17) is 0 Å². The van der Waals surface area contributed by atoms with Crippen molar-refractivity contribution in [2.45, 2.75) is 31.8 Å². The monoisotopic (exact) mass is 516 g/mol. The van der Waals surface area contributed by atoms with Crippen LogP contribution in [0.15, 0.2) is 58.4 Å². The molecular formula is C20H29IN4O2S. The van der Waals surface area contributed by atoms with Crippen LogP contribution in [0.25, 0.3) is 0 Å². The number of hydrogen-bond donors (Lipinski definition) is 2. The maximum Gasteiger partial charge on any atom is 0.240 e. The van der Waals surface area contributed by atoms with Gasteiger partial charge in [0.25, 0.3) is 0 Å². The third kappa shape index (κ3) is 7.06. The van der Waals surface area contributed by atoms with Crippen molar-refractivity contribution in [2.75, 3.05) is 20.6 Å². The van der Waals surface area contributed by atoms with Crippen molar-refractivity contribution in [3.05, 3.63) is 65.2 Å². The van der Waals surface area contributed by atoms with Crippen molar-refractivity contribution >= 4 is 40.0 Å². The molecule has 0 amide bonds. The minimum Gasteiger partial charge on any atom is -0.357 e. The van der Waals surface area contributed by atoms with Gasteiger partial charge in [0.2, 0.25) is 10.0 Å². The first-order valence-electron chi connectivity index (χ1n) is 8.93. The molecule has 0 atom stereocenters. The zero-order valence-corrected chi connectivity index (χ0v) is 19.9. The standard InChI is InChI=1S/C20H28N4O2S.HI/c1-5-22-20(24(4)15-18-8-6-16(2)7-9-18)23-14-17-10-12-19(13-11-17)27(25,26)21-3;/h6-13,21H,5,14-15H2,1-4H3,(H,22,23);1H. The number of aryl methyl sites for hydroxylation is 1. The van der Waals surface area contributed by atoms with Gasteiger partial charge < -0.3 is 10.2 Å². The molecule has 0 aromatic heterocycles. The van der Waals surface area contributed by atoms with Crippen LogP contribution in [0.1, 0.15) is 23.6 Å². The second kappa shape index (κ2) is 11.4. The van der Waals surface area contributed by atoms with Crippen LogP contribution in [0.3, 0.4) is 0 Å². The van der Waals surface area contributed by atoms with E-state index in [0.717, 1.165) is 24.6 Å². The molecule has 0 saturated carbocycles. The summed E-state index contributed by atoms with van der Waals surface area (Å²) in [6.07, 6.45) is 0. The van der Waals surface area contributed by atoms with Gasteiger partial charge in [0.05, 0.1) is 11.4 Å². The third-order valence-electron chi connectivity index (χ3n) is 4.15. The number of nitrogens with one attached hydrogen (secondary N) is 2.